The van der Waals surface area contributed by atoms with E-state index < -0.39 is 0 Å². The van der Waals surface area contributed by atoms with Gasteiger partial charge in [0.15, 0.2) is 0 Å². The van der Waals surface area contributed by atoms with Crippen molar-refractivity contribution in [1.82, 2.24) is 15.6 Å². The maximum Gasteiger partial charge on any atom is 0.267 e. The summed E-state index contributed by atoms with van der Waals surface area (Å²) in [7, 11) is 0. The van der Waals surface area contributed by atoms with Gasteiger partial charge in [-0.3, -0.25) is 9.59 Å². The van der Waals surface area contributed by atoms with Crippen LogP contribution in [-0.2, 0) is 4.79 Å². The third kappa shape index (κ3) is 3.37. The summed E-state index contributed by atoms with van der Waals surface area (Å²) in [6, 6.07) is 8.11. The molecule has 0 spiro atoms. The van der Waals surface area contributed by atoms with E-state index in [9.17, 15) is 9.59 Å². The Bertz CT molecular complexity index is 731. The van der Waals surface area contributed by atoms with E-state index in [4.69, 9.17) is 5.73 Å². The van der Waals surface area contributed by atoms with Gasteiger partial charge in [0.05, 0.1) is 0 Å². The second-order valence-corrected chi connectivity index (χ2v) is 6.17. The van der Waals surface area contributed by atoms with Crippen LogP contribution < -0.4 is 16.4 Å². The first-order valence-electron chi connectivity index (χ1n) is 7.95. The zero-order valence-corrected chi connectivity index (χ0v) is 13.2. The summed E-state index contributed by atoms with van der Waals surface area (Å²) in [6.07, 6.45) is 1.88. The lowest BCUT2D eigenvalue weighted by molar-refractivity contribution is -0.122. The van der Waals surface area contributed by atoms with E-state index >= 15 is 0 Å². The Morgan fingerprint density at radius 3 is 2.70 bits per heavy atom. The van der Waals surface area contributed by atoms with E-state index in [-0.39, 0.29) is 23.9 Å². The molecule has 6 heteroatoms. The van der Waals surface area contributed by atoms with Crippen molar-refractivity contribution in [3.05, 3.63) is 35.5 Å². The van der Waals surface area contributed by atoms with Gasteiger partial charge < -0.3 is 21.4 Å². The van der Waals surface area contributed by atoms with Gasteiger partial charge in [-0.15, -0.1) is 0 Å². The number of carbonyl (C=O) groups excluding carboxylic acids is 2. The van der Waals surface area contributed by atoms with Crippen molar-refractivity contribution in [2.75, 3.05) is 6.54 Å². The molecule has 1 aliphatic rings. The van der Waals surface area contributed by atoms with Crippen LogP contribution >= 0.6 is 0 Å². The molecule has 0 bridgehead atoms. The van der Waals surface area contributed by atoms with Gasteiger partial charge in [0.25, 0.3) is 5.91 Å². The quantitative estimate of drug-likeness (QED) is 0.667. The molecule has 0 radical (unpaired) electrons. The summed E-state index contributed by atoms with van der Waals surface area (Å²) >= 11 is 0. The first kappa shape index (κ1) is 15.6. The molecule has 5 N–H and O–H groups in total. The summed E-state index contributed by atoms with van der Waals surface area (Å²) in [6.45, 7) is 2.37. The largest absolute Gasteiger partial charge is 0.353 e. The number of rotatable bonds is 5. The molecule has 0 unspecified atom stereocenters. The van der Waals surface area contributed by atoms with Crippen LogP contribution in [0.2, 0.25) is 0 Å². The van der Waals surface area contributed by atoms with Crippen LogP contribution in [0.4, 0.5) is 0 Å². The van der Waals surface area contributed by atoms with Crippen molar-refractivity contribution in [3.8, 4) is 0 Å². The molecule has 1 aliphatic carbocycles. The van der Waals surface area contributed by atoms with Gasteiger partial charge in [0, 0.05) is 36.0 Å². The van der Waals surface area contributed by atoms with Crippen LogP contribution in [0, 0.1) is 6.92 Å². The number of H-pyrrole nitrogens is 1. The maximum absolute atomic E-state index is 12.3. The highest BCUT2D eigenvalue weighted by Gasteiger charge is 2.31. The van der Waals surface area contributed by atoms with Crippen molar-refractivity contribution in [1.29, 1.82) is 0 Å². The van der Waals surface area contributed by atoms with Gasteiger partial charge in [0.1, 0.15) is 5.69 Å². The molecule has 23 heavy (non-hydrogen) atoms. The summed E-state index contributed by atoms with van der Waals surface area (Å²) in [4.78, 5) is 26.9. The van der Waals surface area contributed by atoms with Crippen molar-refractivity contribution in [2.24, 2.45) is 5.73 Å². The van der Waals surface area contributed by atoms with Gasteiger partial charge >= 0.3 is 0 Å². The van der Waals surface area contributed by atoms with E-state index in [0.29, 0.717) is 18.7 Å². The number of aromatic nitrogens is 1. The van der Waals surface area contributed by atoms with Gasteiger partial charge in [-0.25, -0.2) is 0 Å². The highest BCUT2D eigenvalue weighted by Crippen LogP contribution is 2.22. The molecular formula is C17H22N4O2. The molecule has 0 atom stereocenters. The fourth-order valence-electron chi connectivity index (χ4n) is 2.98. The molecule has 6 nitrogen and oxygen atoms in total. The second-order valence-electron chi connectivity index (χ2n) is 6.17. The van der Waals surface area contributed by atoms with Crippen molar-refractivity contribution >= 4 is 22.7 Å². The Hall–Kier alpha value is -2.34. The normalized spacial score (nSPS) is 20.1. The molecule has 0 aliphatic heterocycles. The van der Waals surface area contributed by atoms with Crippen LogP contribution in [0.1, 0.15) is 35.3 Å². The molecule has 1 heterocycles. The van der Waals surface area contributed by atoms with Crippen molar-refractivity contribution in [3.63, 3.8) is 0 Å². The summed E-state index contributed by atoms with van der Waals surface area (Å²) in [5, 5.41) is 6.95. The Morgan fingerprint density at radius 2 is 2.00 bits per heavy atom. The number of hydrogen-bond donors (Lipinski definition) is 4. The van der Waals surface area contributed by atoms with E-state index in [0.717, 1.165) is 29.3 Å². The number of aryl methyl sites for hydroxylation is 1. The molecule has 1 fully saturated rings. The number of para-hydroxylation sites is 1. The van der Waals surface area contributed by atoms with E-state index in [1.165, 1.54) is 0 Å². The van der Waals surface area contributed by atoms with E-state index in [2.05, 4.69) is 15.6 Å². The number of benzene rings is 1. The molecule has 1 aromatic carbocycles. The molecule has 0 saturated heterocycles. The average molecular weight is 314 g/mol. The number of hydrogen-bond acceptors (Lipinski definition) is 3. The minimum atomic E-state index is -0.0997. The summed E-state index contributed by atoms with van der Waals surface area (Å²) < 4.78 is 0. The number of nitrogens with two attached hydrogens (primary N) is 1. The Labute approximate surface area is 134 Å². The zero-order valence-electron chi connectivity index (χ0n) is 13.2. The van der Waals surface area contributed by atoms with Crippen molar-refractivity contribution in [2.45, 2.75) is 38.3 Å². The third-order valence-corrected chi connectivity index (χ3v) is 4.32. The van der Waals surface area contributed by atoms with Crippen LogP contribution in [0.5, 0.6) is 0 Å². The van der Waals surface area contributed by atoms with Crippen LogP contribution in [0.25, 0.3) is 10.9 Å². The van der Waals surface area contributed by atoms with Gasteiger partial charge in [-0.2, -0.15) is 0 Å². The lowest BCUT2D eigenvalue weighted by Crippen LogP contribution is -2.53. The Morgan fingerprint density at radius 1 is 1.26 bits per heavy atom. The first-order chi connectivity index (χ1) is 11.1. The summed E-state index contributed by atoms with van der Waals surface area (Å²) in [5.41, 5.74) is 8.03. The SMILES string of the molecule is Cc1cccc2cc(C(=O)NC3CC(NC(=O)CCN)C3)[nH]c12. The lowest BCUT2D eigenvalue weighted by atomic mass is 9.86. The van der Waals surface area contributed by atoms with Crippen LogP contribution in [0.15, 0.2) is 24.3 Å². The average Bonchev–Trinajstić information content (AvgIpc) is 2.91. The van der Waals surface area contributed by atoms with E-state index in [1.807, 2.05) is 31.2 Å². The van der Waals surface area contributed by atoms with Gasteiger partial charge in [-0.05, 0) is 31.4 Å². The monoisotopic (exact) mass is 314 g/mol. The highest BCUT2D eigenvalue weighted by atomic mass is 16.2. The Balaban J connectivity index is 1.54. The molecule has 1 aromatic heterocycles. The van der Waals surface area contributed by atoms with Crippen molar-refractivity contribution < 1.29 is 9.59 Å². The molecule has 122 valence electrons. The Kier molecular flexibility index (Phi) is 4.34. The first-order valence-corrected chi connectivity index (χ1v) is 7.95. The van der Waals surface area contributed by atoms with Gasteiger partial charge in [0.2, 0.25) is 5.91 Å². The van der Waals surface area contributed by atoms with Crippen LogP contribution in [0.3, 0.4) is 0 Å². The second kappa shape index (κ2) is 6.42. The highest BCUT2D eigenvalue weighted by molar-refractivity contribution is 5.98. The molecule has 2 aromatic rings. The zero-order chi connectivity index (χ0) is 16.4. The standard InChI is InChI=1S/C17H22N4O2/c1-10-3-2-4-11-7-14(21-16(10)11)17(23)20-13-8-12(9-13)19-15(22)5-6-18/h2-4,7,12-13,21H,5-6,8-9,18H2,1H3,(H,19,22)(H,20,23). The number of nitrogens with one attached hydrogen (secondary N) is 3. The number of amides is 2. The number of fused-ring (bicyclic) bond motifs is 1. The molecular weight excluding hydrogens is 292 g/mol. The smallest absolute Gasteiger partial charge is 0.267 e. The summed E-state index contributed by atoms with van der Waals surface area (Å²) in [5.74, 6) is -0.120. The molecule has 2 amide bonds. The fourth-order valence-corrected chi connectivity index (χ4v) is 2.98. The number of carbonyl (C=O) groups is 2. The minimum Gasteiger partial charge on any atom is -0.353 e. The predicted octanol–water partition coefficient (Wildman–Crippen LogP) is 1.20. The lowest BCUT2D eigenvalue weighted by Gasteiger charge is -2.36. The minimum absolute atomic E-state index is 0.0200. The van der Waals surface area contributed by atoms with Crippen LogP contribution in [-0.4, -0.2) is 35.4 Å². The maximum atomic E-state index is 12.3. The van der Waals surface area contributed by atoms with Gasteiger partial charge in [-0.1, -0.05) is 18.2 Å². The third-order valence-electron chi connectivity index (χ3n) is 4.32. The molecule has 3 rings (SSSR count). The predicted molar refractivity (Wildman–Crippen MR) is 89.1 cm³/mol. The topological polar surface area (TPSA) is 100 Å². The molecule has 1 saturated carbocycles. The fraction of sp³-hybridized carbons (Fsp3) is 0.412. The number of aromatic amines is 1. The van der Waals surface area contributed by atoms with E-state index in [1.54, 1.807) is 0 Å².